The molecule has 5 nitrogen and oxygen atoms in total. The number of benzene rings is 1. The van der Waals surface area contributed by atoms with E-state index in [4.69, 9.17) is 10.5 Å². The number of hydrogen-bond donors (Lipinski definition) is 2. The number of rotatable bonds is 2. The van der Waals surface area contributed by atoms with Crippen LogP contribution in [0.5, 0.6) is 0 Å². The molecule has 0 atom stereocenters. The van der Waals surface area contributed by atoms with Gasteiger partial charge in [0.05, 0.1) is 5.69 Å². The van der Waals surface area contributed by atoms with Crippen molar-refractivity contribution in [3.8, 4) is 0 Å². The summed E-state index contributed by atoms with van der Waals surface area (Å²) < 4.78 is 5.70. The largest absolute Gasteiger partial charge is 0.438 e. The van der Waals surface area contributed by atoms with Gasteiger partial charge in [0.2, 0.25) is 5.91 Å². The van der Waals surface area contributed by atoms with E-state index in [2.05, 4.69) is 5.32 Å². The lowest BCUT2D eigenvalue weighted by Crippen LogP contribution is -2.41. The second-order valence-corrected chi connectivity index (χ2v) is 6.06. The summed E-state index contributed by atoms with van der Waals surface area (Å²) in [6, 6.07) is 5.77. The SMILES string of the molecule is C/C(=C\C(N)=O)c1ccc2c(c1)C1(CCCCC1)OC(=O)N2. The van der Waals surface area contributed by atoms with Gasteiger partial charge in [-0.05, 0) is 55.9 Å². The number of anilines is 1. The van der Waals surface area contributed by atoms with Crippen LogP contribution in [0.4, 0.5) is 10.5 Å². The third-order valence-electron chi connectivity index (χ3n) is 4.51. The number of ether oxygens (including phenoxy) is 1. The van der Waals surface area contributed by atoms with Crippen molar-refractivity contribution >= 4 is 23.3 Å². The molecule has 1 heterocycles. The number of primary amides is 1. The molecule has 3 rings (SSSR count). The normalized spacial score (nSPS) is 20.0. The molecule has 0 saturated heterocycles. The maximum atomic E-state index is 11.9. The first-order chi connectivity index (χ1) is 10.5. The monoisotopic (exact) mass is 300 g/mol. The summed E-state index contributed by atoms with van der Waals surface area (Å²) in [5.41, 5.74) is 8.22. The van der Waals surface area contributed by atoms with Crippen molar-refractivity contribution in [3.63, 3.8) is 0 Å². The zero-order chi connectivity index (χ0) is 15.7. The minimum atomic E-state index is -0.529. The predicted octanol–water partition coefficient (Wildman–Crippen LogP) is 3.30. The Morgan fingerprint density at radius 3 is 2.73 bits per heavy atom. The molecule has 22 heavy (non-hydrogen) atoms. The maximum Gasteiger partial charge on any atom is 0.412 e. The maximum absolute atomic E-state index is 11.9. The fourth-order valence-electron chi connectivity index (χ4n) is 3.43. The van der Waals surface area contributed by atoms with Crippen molar-refractivity contribution in [2.45, 2.75) is 44.6 Å². The second kappa shape index (κ2) is 5.48. The summed E-state index contributed by atoms with van der Waals surface area (Å²) in [6.07, 6.45) is 5.98. The van der Waals surface area contributed by atoms with Crippen molar-refractivity contribution in [3.05, 3.63) is 35.4 Å². The molecule has 2 aliphatic rings. The molecule has 1 aliphatic heterocycles. The van der Waals surface area contributed by atoms with Crippen LogP contribution in [0.15, 0.2) is 24.3 Å². The number of amides is 2. The molecular weight excluding hydrogens is 280 g/mol. The molecule has 1 fully saturated rings. The van der Waals surface area contributed by atoms with Crippen LogP contribution in [-0.2, 0) is 15.1 Å². The van der Waals surface area contributed by atoms with Crippen LogP contribution in [0.3, 0.4) is 0 Å². The van der Waals surface area contributed by atoms with E-state index in [0.717, 1.165) is 48.1 Å². The molecule has 2 amide bonds. The third kappa shape index (κ3) is 2.58. The highest BCUT2D eigenvalue weighted by molar-refractivity contribution is 5.94. The first-order valence-corrected chi connectivity index (χ1v) is 7.63. The Morgan fingerprint density at radius 1 is 1.32 bits per heavy atom. The van der Waals surface area contributed by atoms with Crippen LogP contribution in [0, 0.1) is 0 Å². The number of carbonyl (C=O) groups excluding carboxylic acids is 2. The fourth-order valence-corrected chi connectivity index (χ4v) is 3.43. The highest BCUT2D eigenvalue weighted by Crippen LogP contribution is 2.46. The number of fused-ring (bicyclic) bond motifs is 2. The number of nitrogens with one attached hydrogen (secondary N) is 1. The highest BCUT2D eigenvalue weighted by atomic mass is 16.6. The van der Waals surface area contributed by atoms with E-state index < -0.39 is 11.5 Å². The van der Waals surface area contributed by atoms with E-state index in [1.807, 2.05) is 25.1 Å². The molecule has 0 unspecified atom stereocenters. The van der Waals surface area contributed by atoms with Crippen LogP contribution < -0.4 is 11.1 Å². The van der Waals surface area contributed by atoms with Crippen molar-refractivity contribution in [2.24, 2.45) is 5.73 Å². The molecule has 1 spiro atoms. The average Bonchev–Trinajstić information content (AvgIpc) is 2.47. The van der Waals surface area contributed by atoms with E-state index in [9.17, 15) is 9.59 Å². The van der Waals surface area contributed by atoms with Gasteiger partial charge in [-0.15, -0.1) is 0 Å². The Bertz CT molecular complexity index is 658. The Hall–Kier alpha value is -2.30. The number of carbonyl (C=O) groups is 2. The summed E-state index contributed by atoms with van der Waals surface area (Å²) in [5, 5.41) is 2.77. The Labute approximate surface area is 129 Å². The Balaban J connectivity index is 2.07. The molecule has 1 saturated carbocycles. The highest BCUT2D eigenvalue weighted by Gasteiger charge is 2.42. The van der Waals surface area contributed by atoms with Gasteiger partial charge in [-0.25, -0.2) is 4.79 Å². The number of hydrogen-bond acceptors (Lipinski definition) is 3. The standard InChI is InChI=1S/C17H20N2O3/c1-11(9-15(18)20)12-5-6-14-13(10-12)17(22-16(21)19-14)7-3-2-4-8-17/h5-6,9-10H,2-4,7-8H2,1H3,(H2,18,20)(H,19,21)/b11-9+. The van der Waals surface area contributed by atoms with Crippen LogP contribution in [0.2, 0.25) is 0 Å². The van der Waals surface area contributed by atoms with Crippen LogP contribution >= 0.6 is 0 Å². The second-order valence-electron chi connectivity index (χ2n) is 6.06. The molecule has 0 radical (unpaired) electrons. The predicted molar refractivity (Wildman–Crippen MR) is 84.2 cm³/mol. The number of allylic oxidation sites excluding steroid dienone is 1. The molecule has 1 aromatic rings. The van der Waals surface area contributed by atoms with E-state index in [1.54, 1.807) is 0 Å². The van der Waals surface area contributed by atoms with Crippen molar-refractivity contribution < 1.29 is 14.3 Å². The van der Waals surface area contributed by atoms with E-state index in [0.29, 0.717) is 0 Å². The summed E-state index contributed by atoms with van der Waals surface area (Å²) >= 11 is 0. The quantitative estimate of drug-likeness (QED) is 0.822. The van der Waals surface area contributed by atoms with Gasteiger partial charge in [0.25, 0.3) is 0 Å². The average molecular weight is 300 g/mol. The molecule has 1 aromatic carbocycles. The van der Waals surface area contributed by atoms with Crippen LogP contribution in [-0.4, -0.2) is 12.0 Å². The third-order valence-corrected chi connectivity index (χ3v) is 4.51. The minimum Gasteiger partial charge on any atom is -0.438 e. The van der Waals surface area contributed by atoms with Crippen LogP contribution in [0.1, 0.15) is 50.2 Å². The van der Waals surface area contributed by atoms with Crippen molar-refractivity contribution in [1.29, 1.82) is 0 Å². The van der Waals surface area contributed by atoms with Gasteiger partial charge in [-0.1, -0.05) is 12.5 Å². The molecule has 1 aliphatic carbocycles. The minimum absolute atomic E-state index is 0.383. The summed E-state index contributed by atoms with van der Waals surface area (Å²) in [6.45, 7) is 1.85. The zero-order valence-corrected chi connectivity index (χ0v) is 12.6. The lowest BCUT2D eigenvalue weighted by molar-refractivity contribution is -0.113. The molecule has 116 valence electrons. The van der Waals surface area contributed by atoms with Gasteiger partial charge in [-0.3, -0.25) is 10.1 Å². The lowest BCUT2D eigenvalue weighted by atomic mass is 9.77. The lowest BCUT2D eigenvalue weighted by Gasteiger charge is -2.41. The fraction of sp³-hybridized carbons (Fsp3) is 0.412. The van der Waals surface area contributed by atoms with Gasteiger partial charge in [0, 0.05) is 11.6 Å². The first-order valence-electron chi connectivity index (χ1n) is 7.63. The molecule has 0 aromatic heterocycles. The first kappa shape index (κ1) is 14.6. The topological polar surface area (TPSA) is 81.4 Å². The van der Waals surface area contributed by atoms with Gasteiger partial charge < -0.3 is 10.5 Å². The summed E-state index contributed by atoms with van der Waals surface area (Å²) in [4.78, 5) is 22.9. The van der Waals surface area contributed by atoms with Gasteiger partial charge in [0.15, 0.2) is 0 Å². The molecule has 3 N–H and O–H groups in total. The van der Waals surface area contributed by atoms with E-state index in [1.165, 1.54) is 12.5 Å². The Morgan fingerprint density at radius 2 is 2.05 bits per heavy atom. The summed E-state index contributed by atoms with van der Waals surface area (Å²) in [7, 11) is 0. The Kier molecular flexibility index (Phi) is 3.64. The molecule has 0 bridgehead atoms. The van der Waals surface area contributed by atoms with Gasteiger partial charge in [0.1, 0.15) is 5.60 Å². The van der Waals surface area contributed by atoms with Crippen molar-refractivity contribution in [1.82, 2.24) is 0 Å². The van der Waals surface area contributed by atoms with E-state index in [-0.39, 0.29) is 6.09 Å². The smallest absolute Gasteiger partial charge is 0.412 e. The van der Waals surface area contributed by atoms with Crippen LogP contribution in [0.25, 0.3) is 5.57 Å². The number of nitrogens with two attached hydrogens (primary N) is 1. The van der Waals surface area contributed by atoms with Gasteiger partial charge >= 0.3 is 6.09 Å². The molecular formula is C17H20N2O3. The zero-order valence-electron chi connectivity index (χ0n) is 12.6. The molecule has 5 heteroatoms. The van der Waals surface area contributed by atoms with Gasteiger partial charge in [-0.2, -0.15) is 0 Å². The van der Waals surface area contributed by atoms with E-state index >= 15 is 0 Å². The summed E-state index contributed by atoms with van der Waals surface area (Å²) in [5.74, 6) is -0.466. The van der Waals surface area contributed by atoms with Crippen molar-refractivity contribution in [2.75, 3.05) is 5.32 Å².